The normalized spacial score (nSPS) is 27.2. The van der Waals surface area contributed by atoms with Gasteiger partial charge in [-0.25, -0.2) is 0 Å². The van der Waals surface area contributed by atoms with Gasteiger partial charge in [-0.1, -0.05) is 24.9 Å². The summed E-state index contributed by atoms with van der Waals surface area (Å²) in [5, 5.41) is 10.2. The molecule has 0 saturated heterocycles. The fourth-order valence-corrected chi connectivity index (χ4v) is 3.21. The predicted octanol–water partition coefficient (Wildman–Crippen LogP) is 3.49. The van der Waals surface area contributed by atoms with E-state index in [4.69, 9.17) is 16.3 Å². The van der Waals surface area contributed by atoms with Crippen molar-refractivity contribution in [2.45, 2.75) is 31.6 Å². The van der Waals surface area contributed by atoms with Crippen molar-refractivity contribution in [3.05, 3.63) is 28.8 Å². The van der Waals surface area contributed by atoms with Gasteiger partial charge in [0.25, 0.3) is 0 Å². The highest BCUT2D eigenvalue weighted by Gasteiger charge is 2.50. The Balaban J connectivity index is 2.63. The summed E-state index contributed by atoms with van der Waals surface area (Å²) in [7, 11) is 1.56. The number of hydrogen-bond acceptors (Lipinski definition) is 2. The molecule has 0 amide bonds. The second kappa shape index (κ2) is 4.81. The maximum absolute atomic E-state index is 11.8. The Labute approximate surface area is 112 Å². The maximum Gasteiger partial charge on any atom is 0.314 e. The molecule has 1 saturated carbocycles. The van der Waals surface area contributed by atoms with E-state index < -0.39 is 11.4 Å². The molecule has 0 bridgehead atoms. The van der Waals surface area contributed by atoms with Gasteiger partial charge in [0.2, 0.25) is 0 Å². The third-order valence-electron chi connectivity index (χ3n) is 4.07. The van der Waals surface area contributed by atoms with E-state index >= 15 is 0 Å². The van der Waals surface area contributed by atoms with Gasteiger partial charge >= 0.3 is 5.97 Å². The molecule has 2 rings (SSSR count). The lowest BCUT2D eigenvalue weighted by molar-refractivity contribution is -0.145. The van der Waals surface area contributed by atoms with Crippen molar-refractivity contribution in [2.75, 3.05) is 7.11 Å². The average molecular weight is 269 g/mol. The average Bonchev–Trinajstić information content (AvgIpc) is 2.72. The molecule has 0 aromatic heterocycles. The van der Waals surface area contributed by atoms with Gasteiger partial charge in [0.15, 0.2) is 0 Å². The first kappa shape index (κ1) is 13.2. The van der Waals surface area contributed by atoms with E-state index in [2.05, 4.69) is 0 Å². The zero-order valence-corrected chi connectivity index (χ0v) is 11.3. The summed E-state index contributed by atoms with van der Waals surface area (Å²) in [4.78, 5) is 11.8. The third-order valence-corrected chi connectivity index (χ3v) is 4.31. The van der Waals surface area contributed by atoms with Crippen molar-refractivity contribution < 1.29 is 14.6 Å². The Kier molecular flexibility index (Phi) is 3.53. The first-order valence-electron chi connectivity index (χ1n) is 6.09. The van der Waals surface area contributed by atoms with E-state index in [9.17, 15) is 9.90 Å². The molecule has 1 aromatic rings. The first-order chi connectivity index (χ1) is 8.52. The summed E-state index contributed by atoms with van der Waals surface area (Å²) >= 11 is 6.02. The molecule has 0 radical (unpaired) electrons. The molecular weight excluding hydrogens is 252 g/mol. The zero-order chi connectivity index (χ0) is 13.3. The van der Waals surface area contributed by atoms with Gasteiger partial charge in [0, 0.05) is 10.6 Å². The van der Waals surface area contributed by atoms with Crippen LogP contribution in [-0.4, -0.2) is 18.2 Å². The van der Waals surface area contributed by atoms with Crippen LogP contribution in [0.5, 0.6) is 5.75 Å². The highest BCUT2D eigenvalue weighted by Crippen LogP contribution is 2.49. The van der Waals surface area contributed by atoms with E-state index in [1.165, 1.54) is 0 Å². The lowest BCUT2D eigenvalue weighted by atomic mass is 9.72. The van der Waals surface area contributed by atoms with Gasteiger partial charge in [0.1, 0.15) is 5.75 Å². The van der Waals surface area contributed by atoms with Gasteiger partial charge < -0.3 is 9.84 Å². The largest absolute Gasteiger partial charge is 0.496 e. The Morgan fingerprint density at radius 2 is 2.28 bits per heavy atom. The number of carboxylic acids is 1. The number of ether oxygens (including phenoxy) is 1. The molecule has 0 spiro atoms. The summed E-state index contributed by atoms with van der Waals surface area (Å²) in [6.07, 6.45) is 2.48. The molecule has 1 aliphatic carbocycles. The van der Waals surface area contributed by atoms with Gasteiger partial charge in [-0.05, 0) is 37.0 Å². The van der Waals surface area contributed by atoms with Crippen LogP contribution in [0.2, 0.25) is 5.02 Å². The van der Waals surface area contributed by atoms with Crippen molar-refractivity contribution in [1.82, 2.24) is 0 Å². The number of rotatable bonds is 3. The number of carboxylic acid groups (broad SMARTS) is 1. The second-order valence-electron chi connectivity index (χ2n) is 4.91. The van der Waals surface area contributed by atoms with Crippen molar-refractivity contribution in [3.8, 4) is 5.75 Å². The molecule has 0 aliphatic heterocycles. The monoisotopic (exact) mass is 268 g/mol. The third kappa shape index (κ3) is 1.87. The lowest BCUT2D eigenvalue weighted by Crippen LogP contribution is -2.38. The summed E-state index contributed by atoms with van der Waals surface area (Å²) in [6.45, 7) is 1.99. The lowest BCUT2D eigenvalue weighted by Gasteiger charge is -2.31. The molecule has 3 nitrogen and oxygen atoms in total. The number of aliphatic carboxylic acids is 1. The summed E-state index contributed by atoms with van der Waals surface area (Å²) in [5.74, 6) is -0.0917. The van der Waals surface area contributed by atoms with Crippen LogP contribution < -0.4 is 4.74 Å². The second-order valence-corrected chi connectivity index (χ2v) is 5.35. The van der Waals surface area contributed by atoms with E-state index in [0.29, 0.717) is 22.8 Å². The molecule has 1 aromatic carbocycles. The molecule has 1 aliphatic rings. The SMILES string of the molecule is COc1ccc(Cl)cc1C1(C(=O)O)CCCC1C. The Morgan fingerprint density at radius 3 is 2.78 bits per heavy atom. The fourth-order valence-electron chi connectivity index (χ4n) is 3.04. The topological polar surface area (TPSA) is 46.5 Å². The maximum atomic E-state index is 11.8. The van der Waals surface area contributed by atoms with Crippen molar-refractivity contribution in [2.24, 2.45) is 5.92 Å². The first-order valence-corrected chi connectivity index (χ1v) is 6.47. The molecule has 98 valence electrons. The van der Waals surface area contributed by atoms with E-state index in [1.807, 2.05) is 6.92 Å². The van der Waals surface area contributed by atoms with Gasteiger partial charge in [-0.3, -0.25) is 4.79 Å². The van der Waals surface area contributed by atoms with Crippen LogP contribution in [0.4, 0.5) is 0 Å². The van der Waals surface area contributed by atoms with Crippen molar-refractivity contribution in [3.63, 3.8) is 0 Å². The fraction of sp³-hybridized carbons (Fsp3) is 0.500. The van der Waals surface area contributed by atoms with E-state index in [0.717, 1.165) is 12.8 Å². The quantitative estimate of drug-likeness (QED) is 0.913. The Morgan fingerprint density at radius 1 is 1.56 bits per heavy atom. The van der Waals surface area contributed by atoms with Crippen LogP contribution in [0.1, 0.15) is 31.7 Å². The predicted molar refractivity (Wildman–Crippen MR) is 70.3 cm³/mol. The standard InChI is InChI=1S/C14H17ClO3/c1-9-4-3-7-14(9,13(16)17)11-8-10(15)5-6-12(11)18-2/h5-6,8-9H,3-4,7H2,1-2H3,(H,16,17). The van der Waals surface area contributed by atoms with E-state index in [1.54, 1.807) is 25.3 Å². The summed E-state index contributed by atoms with van der Waals surface area (Å²) in [6, 6.07) is 5.20. The van der Waals surface area contributed by atoms with Crippen LogP contribution in [0.3, 0.4) is 0 Å². The molecule has 2 atom stereocenters. The highest BCUT2D eigenvalue weighted by molar-refractivity contribution is 6.30. The minimum Gasteiger partial charge on any atom is -0.496 e. The highest BCUT2D eigenvalue weighted by atomic mass is 35.5. The van der Waals surface area contributed by atoms with Gasteiger partial charge in [-0.15, -0.1) is 0 Å². The molecule has 2 unspecified atom stereocenters. The molecule has 4 heteroatoms. The number of hydrogen-bond donors (Lipinski definition) is 1. The van der Waals surface area contributed by atoms with Crippen molar-refractivity contribution in [1.29, 1.82) is 0 Å². The number of benzene rings is 1. The molecule has 18 heavy (non-hydrogen) atoms. The Bertz CT molecular complexity index is 472. The van der Waals surface area contributed by atoms with Crippen LogP contribution >= 0.6 is 11.6 Å². The van der Waals surface area contributed by atoms with Crippen LogP contribution in [0.25, 0.3) is 0 Å². The number of methoxy groups -OCH3 is 1. The molecular formula is C14H17ClO3. The zero-order valence-electron chi connectivity index (χ0n) is 10.6. The minimum atomic E-state index is -0.865. The molecule has 1 N–H and O–H groups in total. The van der Waals surface area contributed by atoms with Crippen LogP contribution in [0.15, 0.2) is 18.2 Å². The number of halogens is 1. The molecule has 0 heterocycles. The smallest absolute Gasteiger partial charge is 0.314 e. The summed E-state index contributed by atoms with van der Waals surface area (Å²) < 4.78 is 5.31. The van der Waals surface area contributed by atoms with E-state index in [-0.39, 0.29) is 5.92 Å². The number of carbonyl (C=O) groups is 1. The minimum absolute atomic E-state index is 0.0855. The van der Waals surface area contributed by atoms with Gasteiger partial charge in [-0.2, -0.15) is 0 Å². The van der Waals surface area contributed by atoms with Gasteiger partial charge in [0.05, 0.1) is 12.5 Å². The summed E-state index contributed by atoms with van der Waals surface area (Å²) in [5.41, 5.74) is -0.161. The van der Waals surface area contributed by atoms with Crippen LogP contribution in [-0.2, 0) is 10.2 Å². The van der Waals surface area contributed by atoms with Crippen LogP contribution in [0, 0.1) is 5.92 Å². The van der Waals surface area contributed by atoms with Crippen molar-refractivity contribution >= 4 is 17.6 Å². The molecule has 1 fully saturated rings. The Hall–Kier alpha value is -1.22.